The van der Waals surface area contributed by atoms with E-state index in [1.54, 1.807) is 11.8 Å². The van der Waals surface area contributed by atoms with Crippen LogP contribution in [-0.4, -0.2) is 45.0 Å². The molecule has 0 unspecified atom stereocenters. The fourth-order valence-corrected chi connectivity index (χ4v) is 3.54. The minimum atomic E-state index is 0.170. The zero-order valence-electron chi connectivity index (χ0n) is 10.2. The molecule has 0 spiro atoms. The summed E-state index contributed by atoms with van der Waals surface area (Å²) in [6.45, 7) is 9.01. The number of thioether (sulfide) groups is 1. The van der Waals surface area contributed by atoms with Crippen LogP contribution in [0.2, 0.25) is 0 Å². The van der Waals surface area contributed by atoms with Gasteiger partial charge in [0.25, 0.3) is 0 Å². The van der Waals surface area contributed by atoms with Crippen LogP contribution in [0.25, 0.3) is 0 Å². The summed E-state index contributed by atoms with van der Waals surface area (Å²) in [5.74, 6) is 0.266. The van der Waals surface area contributed by atoms with Crippen LogP contribution in [0, 0.1) is 0 Å². The summed E-state index contributed by atoms with van der Waals surface area (Å²) < 4.78 is 0.900. The topological polar surface area (TPSA) is 23.6 Å². The molecule has 1 aliphatic heterocycles. The summed E-state index contributed by atoms with van der Waals surface area (Å²) in [6, 6.07) is 0. The third kappa shape index (κ3) is 3.35. The van der Waals surface area contributed by atoms with Crippen molar-refractivity contribution in [2.75, 3.05) is 19.6 Å². The lowest BCUT2D eigenvalue weighted by atomic mass is 10.4. The Morgan fingerprint density at radius 3 is 2.62 bits per heavy atom. The third-order valence-electron chi connectivity index (χ3n) is 2.84. The van der Waals surface area contributed by atoms with E-state index in [0.717, 1.165) is 30.4 Å². The normalized spacial score (nSPS) is 17.7. The molecule has 0 aromatic heterocycles. The first-order valence-corrected chi connectivity index (χ1v) is 7.14. The lowest BCUT2D eigenvalue weighted by Gasteiger charge is -2.28. The highest BCUT2D eigenvalue weighted by atomic mass is 32.2. The van der Waals surface area contributed by atoms with Gasteiger partial charge in [-0.05, 0) is 27.2 Å². The van der Waals surface area contributed by atoms with Gasteiger partial charge in [-0.3, -0.25) is 4.79 Å². The van der Waals surface area contributed by atoms with Crippen molar-refractivity contribution < 1.29 is 4.79 Å². The Hall–Kier alpha value is -0.290. The van der Waals surface area contributed by atoms with Gasteiger partial charge in [0, 0.05) is 26.1 Å². The molecule has 1 heterocycles. The van der Waals surface area contributed by atoms with Gasteiger partial charge in [-0.2, -0.15) is 0 Å². The molecule has 5 heteroatoms. The molecule has 0 bridgehead atoms. The van der Waals surface area contributed by atoms with Gasteiger partial charge in [-0.15, -0.1) is 0 Å². The first-order valence-electron chi connectivity index (χ1n) is 5.85. The van der Waals surface area contributed by atoms with Crippen molar-refractivity contribution in [3.05, 3.63) is 0 Å². The average Bonchev–Trinajstić information content (AvgIpc) is 2.66. The Labute approximate surface area is 108 Å². The van der Waals surface area contributed by atoms with Gasteiger partial charge in [-0.25, -0.2) is 0 Å². The van der Waals surface area contributed by atoms with Crippen LogP contribution in [0.1, 0.15) is 33.6 Å². The Kier molecular flexibility index (Phi) is 5.55. The summed E-state index contributed by atoms with van der Waals surface area (Å²) >= 11 is 7.00. The van der Waals surface area contributed by atoms with Crippen LogP contribution in [0.4, 0.5) is 0 Å². The van der Waals surface area contributed by atoms with Crippen LogP contribution < -0.4 is 0 Å². The van der Waals surface area contributed by atoms with E-state index in [9.17, 15) is 4.79 Å². The molecule has 1 fully saturated rings. The lowest BCUT2D eigenvalue weighted by molar-refractivity contribution is -0.128. The van der Waals surface area contributed by atoms with Crippen LogP contribution >= 0.6 is 24.0 Å². The molecule has 92 valence electrons. The van der Waals surface area contributed by atoms with Gasteiger partial charge in [0.2, 0.25) is 5.91 Å². The predicted molar refractivity (Wildman–Crippen MR) is 73.5 cm³/mol. The van der Waals surface area contributed by atoms with E-state index < -0.39 is 0 Å². The minimum Gasteiger partial charge on any atom is -0.358 e. The van der Waals surface area contributed by atoms with Gasteiger partial charge in [0.1, 0.15) is 4.32 Å². The van der Waals surface area contributed by atoms with Crippen LogP contribution in [-0.2, 0) is 4.79 Å². The monoisotopic (exact) mass is 260 g/mol. The van der Waals surface area contributed by atoms with Gasteiger partial charge < -0.3 is 9.80 Å². The van der Waals surface area contributed by atoms with Crippen molar-refractivity contribution in [2.24, 2.45) is 0 Å². The van der Waals surface area contributed by atoms with Crippen LogP contribution in [0.15, 0.2) is 0 Å². The molecule has 0 N–H and O–H groups in total. The number of likely N-dealkylation sites (tertiary alicyclic amines) is 1. The van der Waals surface area contributed by atoms with Crippen LogP contribution in [0.5, 0.6) is 0 Å². The lowest BCUT2D eigenvalue weighted by Crippen LogP contribution is -2.35. The van der Waals surface area contributed by atoms with Gasteiger partial charge in [0.05, 0.1) is 5.37 Å². The van der Waals surface area contributed by atoms with Crippen LogP contribution in [0.3, 0.4) is 0 Å². The first kappa shape index (κ1) is 13.8. The molecule has 1 aliphatic rings. The quantitative estimate of drug-likeness (QED) is 0.724. The molecule has 0 radical (unpaired) electrons. The number of hydrogen-bond acceptors (Lipinski definition) is 3. The van der Waals surface area contributed by atoms with E-state index in [0.29, 0.717) is 6.42 Å². The average molecular weight is 260 g/mol. The van der Waals surface area contributed by atoms with Gasteiger partial charge in [-0.1, -0.05) is 24.0 Å². The van der Waals surface area contributed by atoms with E-state index in [2.05, 4.69) is 25.7 Å². The van der Waals surface area contributed by atoms with E-state index >= 15 is 0 Å². The second kappa shape index (κ2) is 6.45. The van der Waals surface area contributed by atoms with Crippen molar-refractivity contribution in [3.8, 4) is 0 Å². The number of rotatable bonds is 4. The number of thiocarbonyl (C=S) groups is 1. The molecule has 3 nitrogen and oxygen atoms in total. The molecular weight excluding hydrogens is 240 g/mol. The summed E-state index contributed by atoms with van der Waals surface area (Å²) in [5.41, 5.74) is 0. The van der Waals surface area contributed by atoms with Gasteiger partial charge >= 0.3 is 0 Å². The Bertz CT molecular complexity index is 267. The maximum atomic E-state index is 11.6. The summed E-state index contributed by atoms with van der Waals surface area (Å²) in [7, 11) is 0. The molecule has 1 rings (SSSR count). The summed E-state index contributed by atoms with van der Waals surface area (Å²) in [4.78, 5) is 15.6. The van der Waals surface area contributed by atoms with Gasteiger partial charge in [0.15, 0.2) is 0 Å². The number of nitrogens with zero attached hydrogens (tertiary/aromatic N) is 2. The molecular formula is C11H20N2OS2. The largest absolute Gasteiger partial charge is 0.358 e. The molecule has 16 heavy (non-hydrogen) atoms. The molecule has 0 aromatic carbocycles. The highest BCUT2D eigenvalue weighted by Crippen LogP contribution is 2.23. The Morgan fingerprint density at radius 1 is 1.56 bits per heavy atom. The summed E-state index contributed by atoms with van der Waals surface area (Å²) in [5, 5.41) is 0.170. The number of amides is 1. The first-order chi connectivity index (χ1) is 7.60. The third-order valence-corrected chi connectivity index (χ3v) is 4.44. The number of carbonyl (C=O) groups excluding carboxylic acids is 1. The molecule has 1 amide bonds. The second-order valence-corrected chi connectivity index (χ2v) is 5.80. The minimum absolute atomic E-state index is 0.170. The zero-order valence-corrected chi connectivity index (χ0v) is 11.9. The maximum Gasteiger partial charge on any atom is 0.223 e. The molecule has 0 aliphatic carbocycles. The van der Waals surface area contributed by atoms with Crippen molar-refractivity contribution in [2.45, 2.75) is 39.0 Å². The van der Waals surface area contributed by atoms with E-state index in [1.165, 1.54) is 0 Å². The summed E-state index contributed by atoms with van der Waals surface area (Å²) in [6.07, 6.45) is 1.69. The van der Waals surface area contributed by atoms with Crippen molar-refractivity contribution >= 4 is 34.2 Å². The SMILES string of the molecule is CCN(CC)C(=S)S[C@H](C)N1CCCC1=O. The fourth-order valence-electron chi connectivity index (χ4n) is 1.82. The highest BCUT2D eigenvalue weighted by molar-refractivity contribution is 8.23. The number of carbonyl (C=O) groups is 1. The van der Waals surface area contributed by atoms with Crippen molar-refractivity contribution in [3.63, 3.8) is 0 Å². The second-order valence-electron chi connectivity index (χ2n) is 3.85. The molecule has 1 atom stereocenters. The van der Waals surface area contributed by atoms with E-state index in [1.807, 2.05) is 4.90 Å². The molecule has 0 saturated carbocycles. The Balaban J connectivity index is 2.47. The van der Waals surface area contributed by atoms with Crippen molar-refractivity contribution in [1.29, 1.82) is 0 Å². The standard InChI is InChI=1S/C11H20N2OS2/c1-4-12(5-2)11(15)16-9(3)13-8-6-7-10(13)14/h9H,4-8H2,1-3H3/t9-/m1/s1. The van der Waals surface area contributed by atoms with E-state index in [-0.39, 0.29) is 11.3 Å². The predicted octanol–water partition coefficient (Wildman–Crippen LogP) is 2.31. The smallest absolute Gasteiger partial charge is 0.223 e. The van der Waals surface area contributed by atoms with Crippen molar-refractivity contribution in [1.82, 2.24) is 9.80 Å². The maximum absolute atomic E-state index is 11.6. The Morgan fingerprint density at radius 2 is 2.19 bits per heavy atom. The molecule has 1 saturated heterocycles. The highest BCUT2D eigenvalue weighted by Gasteiger charge is 2.26. The zero-order chi connectivity index (χ0) is 12.1. The van der Waals surface area contributed by atoms with E-state index in [4.69, 9.17) is 12.2 Å². The number of hydrogen-bond donors (Lipinski definition) is 0. The molecule has 0 aromatic rings. The fraction of sp³-hybridized carbons (Fsp3) is 0.818.